The molecule has 1 N–H and O–H groups in total. The van der Waals surface area contributed by atoms with Gasteiger partial charge < -0.3 is 4.30 Å². The first-order valence-corrected chi connectivity index (χ1v) is 13.7. The molecule has 0 atom stereocenters. The summed E-state index contributed by atoms with van der Waals surface area (Å²) in [7, 11) is 0. The first-order chi connectivity index (χ1) is 15.0. The topological polar surface area (TPSA) is 24.4 Å². The van der Waals surface area contributed by atoms with Crippen LogP contribution in [0.3, 0.4) is 0 Å². The van der Waals surface area contributed by atoms with Gasteiger partial charge in [0.2, 0.25) is 0 Å². The largest absolute Gasteiger partial charge is 0.476 e. The van der Waals surface area contributed by atoms with Gasteiger partial charge in [-0.25, -0.2) is 0 Å². The predicted octanol–water partition coefficient (Wildman–Crippen LogP) is 7.84. The minimum atomic E-state index is -1.08. The number of aliphatic imine (C=N–C) groups is 1. The summed E-state index contributed by atoms with van der Waals surface area (Å²) in [5, 5.41) is 2.48. The van der Waals surface area contributed by atoms with E-state index >= 15 is 0 Å². The lowest BCUT2D eigenvalue weighted by molar-refractivity contribution is 0.867. The number of para-hydroxylation sites is 1. The van der Waals surface area contributed by atoms with Crippen LogP contribution in [0.15, 0.2) is 71.7 Å². The van der Waals surface area contributed by atoms with Crippen LogP contribution in [0.1, 0.15) is 54.5 Å². The number of hydrogen-bond acceptors (Lipinski definition) is 2. The monoisotopic (exact) mass is 426 g/mol. The summed E-state index contributed by atoms with van der Waals surface area (Å²) in [4.78, 5) is 4.79. The van der Waals surface area contributed by atoms with Crippen molar-refractivity contribution in [2.24, 2.45) is 4.99 Å². The highest BCUT2D eigenvalue weighted by Gasteiger charge is 2.18. The van der Waals surface area contributed by atoms with Gasteiger partial charge >= 0.3 is 14.4 Å². The maximum absolute atomic E-state index is 4.79. The first-order valence-electron chi connectivity index (χ1n) is 11.5. The molecule has 0 radical (unpaired) electrons. The minimum Gasteiger partial charge on any atom is -0.476 e. The van der Waals surface area contributed by atoms with E-state index in [1.165, 1.54) is 44.1 Å². The third-order valence-corrected chi connectivity index (χ3v) is 8.70. The highest BCUT2D eigenvalue weighted by molar-refractivity contribution is 6.62. The molecule has 3 aromatic rings. The van der Waals surface area contributed by atoms with Crippen LogP contribution in [-0.4, -0.2) is 20.6 Å². The molecule has 0 spiro atoms. The molecule has 0 amide bonds. The van der Waals surface area contributed by atoms with Crippen molar-refractivity contribution in [2.75, 3.05) is 4.30 Å². The molecular formula is C28H35AlN2. The van der Waals surface area contributed by atoms with Gasteiger partial charge in [-0.1, -0.05) is 85.9 Å². The zero-order valence-corrected chi connectivity index (χ0v) is 20.8. The van der Waals surface area contributed by atoms with Gasteiger partial charge in [0, 0.05) is 11.9 Å². The number of aryl methyl sites for hydroxylation is 3. The molecule has 0 aliphatic heterocycles. The molecular weight excluding hydrogens is 391 g/mol. The van der Waals surface area contributed by atoms with Crippen LogP contribution in [0, 0.1) is 13.8 Å². The van der Waals surface area contributed by atoms with E-state index in [-0.39, 0.29) is 0 Å². The number of benzene rings is 3. The SMILES string of the molecule is C[CH2][Al]([CH2]Cc1ccccc1C=Nc1cccc(C(C)C)c1)[NH]c1c(C)cccc1C. The molecule has 0 heterocycles. The van der Waals surface area contributed by atoms with Crippen molar-refractivity contribution in [2.45, 2.75) is 57.5 Å². The second kappa shape index (κ2) is 11.3. The Balaban J connectivity index is 1.71. The normalized spacial score (nSPS) is 11.3. The third-order valence-electron chi connectivity index (χ3n) is 6.03. The molecule has 0 saturated heterocycles. The summed E-state index contributed by atoms with van der Waals surface area (Å²) in [5.41, 5.74) is 9.02. The van der Waals surface area contributed by atoms with Crippen LogP contribution < -0.4 is 4.30 Å². The minimum absolute atomic E-state index is 0.516. The maximum atomic E-state index is 4.79. The van der Waals surface area contributed by atoms with Gasteiger partial charge in [0.1, 0.15) is 0 Å². The second-order valence-corrected chi connectivity index (χ2v) is 11.8. The van der Waals surface area contributed by atoms with E-state index in [2.05, 4.69) is 106 Å². The van der Waals surface area contributed by atoms with E-state index in [1.807, 2.05) is 6.21 Å². The predicted molar refractivity (Wildman–Crippen MR) is 139 cm³/mol. The Kier molecular flexibility index (Phi) is 8.53. The number of rotatable bonds is 9. The van der Waals surface area contributed by atoms with Gasteiger partial charge in [0.05, 0.1) is 5.69 Å². The van der Waals surface area contributed by atoms with Gasteiger partial charge in [-0.2, -0.15) is 0 Å². The quantitative estimate of drug-likeness (QED) is 0.273. The van der Waals surface area contributed by atoms with Crippen molar-refractivity contribution < 1.29 is 0 Å². The third kappa shape index (κ3) is 6.57. The van der Waals surface area contributed by atoms with Gasteiger partial charge in [0.25, 0.3) is 0 Å². The van der Waals surface area contributed by atoms with Crippen molar-refractivity contribution in [1.29, 1.82) is 0 Å². The van der Waals surface area contributed by atoms with Crippen LogP contribution in [0.25, 0.3) is 0 Å². The Labute approximate surface area is 193 Å². The van der Waals surface area contributed by atoms with Crippen LogP contribution >= 0.6 is 0 Å². The molecule has 31 heavy (non-hydrogen) atoms. The van der Waals surface area contributed by atoms with Crippen LogP contribution in [0.2, 0.25) is 10.6 Å². The number of nitrogens with zero attached hydrogens (tertiary/aromatic N) is 1. The zero-order chi connectivity index (χ0) is 22.2. The molecule has 0 aliphatic rings. The van der Waals surface area contributed by atoms with Crippen LogP contribution in [-0.2, 0) is 6.42 Å². The number of nitrogens with one attached hydrogen (secondary N) is 1. The Morgan fingerprint density at radius 3 is 2.35 bits per heavy atom. The smallest absolute Gasteiger partial charge is 0.411 e. The lowest BCUT2D eigenvalue weighted by Crippen LogP contribution is -2.25. The van der Waals surface area contributed by atoms with Gasteiger partial charge in [-0.05, 0) is 66.1 Å². The summed E-state index contributed by atoms with van der Waals surface area (Å²) in [6, 6.07) is 23.8. The Bertz CT molecular complexity index is 1000. The van der Waals surface area contributed by atoms with Crippen molar-refractivity contribution in [3.05, 3.63) is 94.5 Å². The van der Waals surface area contributed by atoms with Crippen LogP contribution in [0.4, 0.5) is 11.4 Å². The summed E-state index contributed by atoms with van der Waals surface area (Å²) >= 11 is -1.08. The number of hydrogen-bond donors (Lipinski definition) is 1. The average Bonchev–Trinajstić information content (AvgIpc) is 2.77. The summed E-state index contributed by atoms with van der Waals surface area (Å²) in [6.07, 6.45) is 3.13. The molecule has 0 aliphatic carbocycles. The fourth-order valence-corrected chi connectivity index (χ4v) is 6.23. The second-order valence-electron chi connectivity index (χ2n) is 8.76. The zero-order valence-electron chi connectivity index (χ0n) is 19.7. The highest BCUT2D eigenvalue weighted by atomic mass is 27.2. The fraction of sp³-hybridized carbons (Fsp3) is 0.321. The lowest BCUT2D eigenvalue weighted by Gasteiger charge is -2.18. The molecule has 3 rings (SSSR count). The Hall–Kier alpha value is -2.34. The molecule has 3 aromatic carbocycles. The molecule has 160 valence electrons. The molecule has 0 fully saturated rings. The standard InChI is InChI=1S/C18H20N.C8H10N.C2H5.Al/c1-4-15-8-5-6-9-17(15)13-19-18-11-7-10-16(12-18)14(2)3;1-6-4-3-5-7(2)8(6)9;1-2;/h5-14H,1,4H2,2-3H3;3-5,9H,1-2H3;1H2,2H3;/q;-1;;+1. The lowest BCUT2D eigenvalue weighted by atomic mass is 10.0. The molecule has 2 nitrogen and oxygen atoms in total. The van der Waals surface area contributed by atoms with E-state index in [4.69, 9.17) is 4.99 Å². The summed E-state index contributed by atoms with van der Waals surface area (Å²) in [6.45, 7) is 11.2. The van der Waals surface area contributed by atoms with Crippen LogP contribution in [0.5, 0.6) is 0 Å². The fourth-order valence-electron chi connectivity index (χ4n) is 3.95. The van der Waals surface area contributed by atoms with Crippen molar-refractivity contribution in [3.8, 4) is 0 Å². The van der Waals surface area contributed by atoms with Gasteiger partial charge in [0.15, 0.2) is 0 Å². The molecule has 0 aromatic heterocycles. The van der Waals surface area contributed by atoms with E-state index in [0.717, 1.165) is 12.1 Å². The van der Waals surface area contributed by atoms with E-state index in [0.29, 0.717) is 5.92 Å². The Morgan fingerprint density at radius 1 is 0.935 bits per heavy atom. The van der Waals surface area contributed by atoms with Crippen molar-refractivity contribution in [3.63, 3.8) is 0 Å². The van der Waals surface area contributed by atoms with E-state index < -0.39 is 14.4 Å². The molecule has 3 heteroatoms. The van der Waals surface area contributed by atoms with Gasteiger partial charge in [-0.15, -0.1) is 0 Å². The number of anilines is 1. The van der Waals surface area contributed by atoms with Crippen molar-refractivity contribution in [1.82, 2.24) is 0 Å². The summed E-state index contributed by atoms with van der Waals surface area (Å²) < 4.78 is 3.93. The highest BCUT2D eigenvalue weighted by Crippen LogP contribution is 2.23. The molecule has 0 unspecified atom stereocenters. The maximum Gasteiger partial charge on any atom is 0.411 e. The summed E-state index contributed by atoms with van der Waals surface area (Å²) in [5.74, 6) is 0.516. The Morgan fingerprint density at radius 2 is 1.65 bits per heavy atom. The molecule has 0 saturated carbocycles. The molecule has 0 bridgehead atoms. The van der Waals surface area contributed by atoms with E-state index in [9.17, 15) is 0 Å². The van der Waals surface area contributed by atoms with Crippen molar-refractivity contribution >= 4 is 32.0 Å². The van der Waals surface area contributed by atoms with E-state index in [1.54, 1.807) is 0 Å². The van der Waals surface area contributed by atoms with Gasteiger partial charge in [-0.3, -0.25) is 4.99 Å². The first kappa shape index (κ1) is 23.3. The average molecular weight is 427 g/mol.